The van der Waals surface area contributed by atoms with Gasteiger partial charge in [-0.15, -0.1) is 0 Å². The average Bonchev–Trinajstić information content (AvgIpc) is 3.36. The minimum Gasteiger partial charge on any atom is -0.496 e. The lowest BCUT2D eigenvalue weighted by Crippen LogP contribution is -2.52. The van der Waals surface area contributed by atoms with Crippen molar-refractivity contribution in [3.63, 3.8) is 0 Å². The Kier molecular flexibility index (Phi) is 8.53. The van der Waals surface area contributed by atoms with Crippen LogP contribution in [0.5, 0.6) is 5.75 Å². The molecular weight excluding hydrogens is 500 g/mol. The topological polar surface area (TPSA) is 139 Å². The summed E-state index contributed by atoms with van der Waals surface area (Å²) in [4.78, 5) is 54.7. The van der Waals surface area contributed by atoms with Crippen LogP contribution in [0.25, 0.3) is 10.9 Å². The van der Waals surface area contributed by atoms with Gasteiger partial charge in [-0.05, 0) is 54.5 Å². The number of rotatable bonds is 10. The van der Waals surface area contributed by atoms with Crippen LogP contribution in [0.3, 0.4) is 0 Å². The van der Waals surface area contributed by atoms with E-state index in [2.05, 4.69) is 20.9 Å². The van der Waals surface area contributed by atoms with Crippen LogP contribution in [0.1, 0.15) is 55.1 Å². The fourth-order valence-corrected chi connectivity index (χ4v) is 4.99. The van der Waals surface area contributed by atoms with Crippen LogP contribution < -0.4 is 20.7 Å². The summed E-state index contributed by atoms with van der Waals surface area (Å²) in [5.41, 5.74) is 2.59. The Morgan fingerprint density at radius 2 is 1.79 bits per heavy atom. The first-order valence-corrected chi connectivity index (χ1v) is 12.9. The number of amides is 3. The van der Waals surface area contributed by atoms with Gasteiger partial charge in [0.15, 0.2) is 0 Å². The number of fused-ring (bicyclic) bond motifs is 2. The number of nitrogens with one attached hydrogen (secondary N) is 4. The van der Waals surface area contributed by atoms with Gasteiger partial charge < -0.3 is 30.4 Å². The largest absolute Gasteiger partial charge is 0.496 e. The number of benzene rings is 2. The van der Waals surface area contributed by atoms with Gasteiger partial charge in [0.2, 0.25) is 11.8 Å². The van der Waals surface area contributed by atoms with Crippen LogP contribution in [0, 0.1) is 5.92 Å². The second kappa shape index (κ2) is 12.0. The number of esters is 1. The first kappa shape index (κ1) is 27.7. The fourth-order valence-electron chi connectivity index (χ4n) is 4.99. The molecule has 10 heteroatoms. The van der Waals surface area contributed by atoms with E-state index in [-0.39, 0.29) is 36.3 Å². The first-order chi connectivity index (χ1) is 18.7. The van der Waals surface area contributed by atoms with E-state index in [1.807, 2.05) is 44.2 Å². The van der Waals surface area contributed by atoms with Gasteiger partial charge in [0.1, 0.15) is 23.5 Å². The van der Waals surface area contributed by atoms with Crippen molar-refractivity contribution >= 4 is 40.3 Å². The molecular formula is C29H34N4O6. The standard InChI is InChI=1S/C29H34N4O6/c1-16(2)12-22(32-28(36)23-15-19-21(30-23)10-7-11-25(19)38-3)27(35)33-24(29(37)39-4)13-17-14-26(34)31-20-9-6-5-8-18(17)20/h5-11,15-17,22,24,30H,12-14H2,1-4H3,(H,31,34)(H,32,36)(H,33,35). The number of carbonyl (C=O) groups excluding carboxylic acids is 4. The van der Waals surface area contributed by atoms with E-state index in [4.69, 9.17) is 9.47 Å². The van der Waals surface area contributed by atoms with Crippen molar-refractivity contribution in [2.24, 2.45) is 5.92 Å². The minimum atomic E-state index is -1.00. The van der Waals surface area contributed by atoms with Crippen LogP contribution in [0.15, 0.2) is 48.5 Å². The fraction of sp³-hybridized carbons (Fsp3) is 0.379. The van der Waals surface area contributed by atoms with E-state index in [1.165, 1.54) is 7.11 Å². The number of aromatic amines is 1. The monoisotopic (exact) mass is 534 g/mol. The van der Waals surface area contributed by atoms with Crippen LogP contribution >= 0.6 is 0 Å². The summed E-state index contributed by atoms with van der Waals surface area (Å²) >= 11 is 0. The van der Waals surface area contributed by atoms with E-state index >= 15 is 0 Å². The molecule has 0 bridgehead atoms. The molecule has 206 valence electrons. The van der Waals surface area contributed by atoms with E-state index in [1.54, 1.807) is 25.3 Å². The molecule has 3 atom stereocenters. The highest BCUT2D eigenvalue weighted by Gasteiger charge is 2.33. The molecule has 39 heavy (non-hydrogen) atoms. The number of aromatic nitrogens is 1. The number of ether oxygens (including phenoxy) is 2. The second-order valence-corrected chi connectivity index (χ2v) is 10.1. The number of carbonyl (C=O) groups is 4. The molecule has 0 fully saturated rings. The van der Waals surface area contributed by atoms with Gasteiger partial charge in [-0.3, -0.25) is 14.4 Å². The summed E-state index contributed by atoms with van der Waals surface area (Å²) < 4.78 is 10.4. The normalized spacial score (nSPS) is 16.1. The summed E-state index contributed by atoms with van der Waals surface area (Å²) in [6.07, 6.45) is 0.701. The summed E-state index contributed by atoms with van der Waals surface area (Å²) in [6.45, 7) is 3.88. The minimum absolute atomic E-state index is 0.0781. The molecule has 1 aliphatic heterocycles. The number of para-hydroxylation sites is 1. The first-order valence-electron chi connectivity index (χ1n) is 12.9. The molecule has 4 N–H and O–H groups in total. The van der Waals surface area contributed by atoms with Crippen LogP contribution in [0.2, 0.25) is 0 Å². The van der Waals surface area contributed by atoms with E-state index < -0.39 is 29.9 Å². The maximum Gasteiger partial charge on any atom is 0.328 e. The van der Waals surface area contributed by atoms with Crippen molar-refractivity contribution in [3.05, 3.63) is 59.8 Å². The lowest BCUT2D eigenvalue weighted by Gasteiger charge is -2.29. The van der Waals surface area contributed by atoms with Gasteiger partial charge in [0.25, 0.3) is 5.91 Å². The highest BCUT2D eigenvalue weighted by Crippen LogP contribution is 2.35. The van der Waals surface area contributed by atoms with Gasteiger partial charge in [0, 0.05) is 23.0 Å². The Labute approximate surface area is 226 Å². The summed E-state index contributed by atoms with van der Waals surface area (Å²) in [6, 6.07) is 12.6. The van der Waals surface area contributed by atoms with Crippen LogP contribution in [-0.2, 0) is 19.1 Å². The van der Waals surface area contributed by atoms with Crippen LogP contribution in [-0.4, -0.2) is 55.0 Å². The highest BCUT2D eigenvalue weighted by molar-refractivity contribution is 6.02. The van der Waals surface area contributed by atoms with Gasteiger partial charge in [-0.25, -0.2) is 4.79 Å². The number of hydrogen-bond donors (Lipinski definition) is 4. The number of H-pyrrole nitrogens is 1. The maximum atomic E-state index is 13.5. The summed E-state index contributed by atoms with van der Waals surface area (Å²) in [5.74, 6) is -1.33. The molecule has 2 heterocycles. The number of hydrogen-bond acceptors (Lipinski definition) is 6. The lowest BCUT2D eigenvalue weighted by molar-refractivity contribution is -0.145. The lowest BCUT2D eigenvalue weighted by atomic mass is 9.85. The van der Waals surface area contributed by atoms with Crippen molar-refractivity contribution < 1.29 is 28.7 Å². The third-order valence-electron chi connectivity index (χ3n) is 6.85. The average molecular weight is 535 g/mol. The molecule has 0 saturated carbocycles. The van der Waals surface area contributed by atoms with Crippen molar-refractivity contribution in [2.75, 3.05) is 19.5 Å². The van der Waals surface area contributed by atoms with Crippen molar-refractivity contribution in [3.8, 4) is 5.75 Å². The quantitative estimate of drug-likeness (QED) is 0.294. The SMILES string of the molecule is COC(=O)C(CC1CC(=O)Nc2ccccc21)NC(=O)C(CC(C)C)NC(=O)c1cc2c(OC)cccc2[nH]1. The number of anilines is 1. The van der Waals surface area contributed by atoms with Gasteiger partial charge in [-0.1, -0.05) is 38.1 Å². The summed E-state index contributed by atoms with van der Waals surface area (Å²) in [5, 5.41) is 9.18. The van der Waals surface area contributed by atoms with Crippen molar-refractivity contribution in [1.82, 2.24) is 15.6 Å². The van der Waals surface area contributed by atoms with E-state index in [0.29, 0.717) is 17.9 Å². The molecule has 1 aromatic heterocycles. The zero-order valence-corrected chi connectivity index (χ0v) is 22.5. The Bertz CT molecular complexity index is 1380. The van der Waals surface area contributed by atoms with E-state index in [0.717, 1.165) is 16.5 Å². The molecule has 3 amide bonds. The molecule has 3 aromatic rings. The molecule has 4 rings (SSSR count). The van der Waals surface area contributed by atoms with Gasteiger partial charge >= 0.3 is 5.97 Å². The predicted octanol–water partition coefficient (Wildman–Crippen LogP) is 3.49. The second-order valence-electron chi connectivity index (χ2n) is 10.1. The number of methoxy groups -OCH3 is 2. The Morgan fingerprint density at radius 3 is 2.51 bits per heavy atom. The predicted molar refractivity (Wildman–Crippen MR) is 147 cm³/mol. The molecule has 2 aromatic carbocycles. The highest BCUT2D eigenvalue weighted by atomic mass is 16.5. The van der Waals surface area contributed by atoms with Gasteiger partial charge in [0.05, 0.1) is 14.2 Å². The van der Waals surface area contributed by atoms with Crippen molar-refractivity contribution in [2.45, 2.75) is 51.1 Å². The molecule has 0 spiro atoms. The molecule has 3 unspecified atom stereocenters. The Morgan fingerprint density at radius 1 is 1.03 bits per heavy atom. The Balaban J connectivity index is 1.52. The van der Waals surface area contributed by atoms with Gasteiger partial charge in [-0.2, -0.15) is 0 Å². The van der Waals surface area contributed by atoms with Crippen LogP contribution in [0.4, 0.5) is 5.69 Å². The van der Waals surface area contributed by atoms with E-state index in [9.17, 15) is 19.2 Å². The third-order valence-corrected chi connectivity index (χ3v) is 6.85. The third kappa shape index (κ3) is 6.39. The maximum absolute atomic E-state index is 13.5. The molecule has 0 aliphatic carbocycles. The molecule has 0 saturated heterocycles. The Hall–Kier alpha value is -4.34. The molecule has 10 nitrogen and oxygen atoms in total. The zero-order chi connectivity index (χ0) is 28.1. The summed E-state index contributed by atoms with van der Waals surface area (Å²) in [7, 11) is 2.81. The molecule has 1 aliphatic rings. The zero-order valence-electron chi connectivity index (χ0n) is 22.5. The van der Waals surface area contributed by atoms with Crippen molar-refractivity contribution in [1.29, 1.82) is 0 Å². The smallest absolute Gasteiger partial charge is 0.328 e. The molecule has 0 radical (unpaired) electrons.